The molecule has 0 unspecified atom stereocenters. The number of carbonyl (C=O) groups is 3. The quantitative estimate of drug-likeness (QED) is 0.724. The molecular formula is C19H27ClN4O3. The van der Waals surface area contributed by atoms with E-state index in [-0.39, 0.29) is 5.91 Å². The van der Waals surface area contributed by atoms with Crippen molar-refractivity contribution in [3.05, 3.63) is 28.8 Å². The Balaban J connectivity index is 1.72. The van der Waals surface area contributed by atoms with Crippen LogP contribution in [0.4, 0.5) is 10.5 Å². The van der Waals surface area contributed by atoms with Gasteiger partial charge in [0.1, 0.15) is 0 Å². The van der Waals surface area contributed by atoms with Gasteiger partial charge in [0.15, 0.2) is 0 Å². The van der Waals surface area contributed by atoms with Gasteiger partial charge in [0.25, 0.3) is 0 Å². The number of benzene rings is 1. The molecule has 2 N–H and O–H groups in total. The number of nitrogens with one attached hydrogen (secondary N) is 2. The highest BCUT2D eigenvalue weighted by Gasteiger charge is 2.21. The summed E-state index contributed by atoms with van der Waals surface area (Å²) in [6, 6.07) is 5.55. The molecule has 4 amide bonds. The average Bonchev–Trinajstić information content (AvgIpc) is 2.65. The molecular weight excluding hydrogens is 368 g/mol. The van der Waals surface area contributed by atoms with E-state index in [4.69, 9.17) is 11.6 Å². The van der Waals surface area contributed by atoms with Gasteiger partial charge in [0.2, 0.25) is 11.8 Å². The van der Waals surface area contributed by atoms with E-state index in [0.29, 0.717) is 32.5 Å². The molecule has 1 aliphatic rings. The van der Waals surface area contributed by atoms with Crippen molar-refractivity contribution in [1.82, 2.24) is 15.5 Å². The third kappa shape index (κ3) is 6.43. The molecule has 0 atom stereocenters. The Labute approximate surface area is 165 Å². The fourth-order valence-electron chi connectivity index (χ4n) is 3.05. The van der Waals surface area contributed by atoms with Crippen molar-refractivity contribution in [2.24, 2.45) is 0 Å². The monoisotopic (exact) mass is 394 g/mol. The molecule has 0 spiro atoms. The fourth-order valence-corrected chi connectivity index (χ4v) is 3.30. The molecule has 1 aliphatic heterocycles. The van der Waals surface area contributed by atoms with Crippen molar-refractivity contribution >= 4 is 35.1 Å². The molecule has 0 aromatic heterocycles. The highest BCUT2D eigenvalue weighted by Crippen LogP contribution is 2.24. The van der Waals surface area contributed by atoms with E-state index in [1.54, 1.807) is 0 Å². The van der Waals surface area contributed by atoms with Crippen LogP contribution in [0.5, 0.6) is 0 Å². The highest BCUT2D eigenvalue weighted by atomic mass is 35.5. The van der Waals surface area contributed by atoms with Gasteiger partial charge in [0.05, 0.1) is 0 Å². The average molecular weight is 395 g/mol. The summed E-state index contributed by atoms with van der Waals surface area (Å²) in [4.78, 5) is 38.5. The van der Waals surface area contributed by atoms with Crippen LogP contribution in [0.25, 0.3) is 0 Å². The maximum atomic E-state index is 12.3. The molecule has 1 fully saturated rings. The second kappa shape index (κ2) is 10.2. The first-order valence-electron chi connectivity index (χ1n) is 9.27. The number of piperazine rings is 1. The third-order valence-electron chi connectivity index (χ3n) is 4.55. The van der Waals surface area contributed by atoms with E-state index in [2.05, 4.69) is 28.5 Å². The van der Waals surface area contributed by atoms with Gasteiger partial charge in [-0.1, -0.05) is 18.5 Å². The van der Waals surface area contributed by atoms with Gasteiger partial charge < -0.3 is 15.1 Å². The molecule has 1 aromatic carbocycles. The summed E-state index contributed by atoms with van der Waals surface area (Å²) < 4.78 is 0. The van der Waals surface area contributed by atoms with E-state index in [1.165, 1.54) is 6.92 Å². The Morgan fingerprint density at radius 2 is 1.85 bits per heavy atom. The van der Waals surface area contributed by atoms with Gasteiger partial charge >= 0.3 is 6.03 Å². The lowest BCUT2D eigenvalue weighted by Gasteiger charge is -2.36. The largest absolute Gasteiger partial charge is 0.368 e. The highest BCUT2D eigenvalue weighted by molar-refractivity contribution is 6.31. The predicted octanol–water partition coefficient (Wildman–Crippen LogP) is 2.18. The molecule has 1 saturated heterocycles. The minimum Gasteiger partial charge on any atom is -0.368 e. The smallest absolute Gasteiger partial charge is 0.321 e. The number of carbonyl (C=O) groups excluding carboxylic acids is 3. The predicted molar refractivity (Wildman–Crippen MR) is 106 cm³/mol. The molecule has 0 radical (unpaired) electrons. The van der Waals surface area contributed by atoms with Gasteiger partial charge in [-0.05, 0) is 36.6 Å². The standard InChI is InChI=1S/C19H27ClN4O3/c1-3-15-13-16(6-7-17(15)20)23-9-11-24(12-10-23)18(26)5-4-8-21-19(27)22-14(2)25/h6-7,13H,3-5,8-12H2,1-2H3,(H2,21,22,25,27). The number of hydrogen-bond acceptors (Lipinski definition) is 4. The third-order valence-corrected chi connectivity index (χ3v) is 4.92. The second-order valence-corrected chi connectivity index (χ2v) is 6.94. The van der Waals surface area contributed by atoms with Crippen molar-refractivity contribution in [2.45, 2.75) is 33.1 Å². The number of imide groups is 1. The number of urea groups is 1. The zero-order chi connectivity index (χ0) is 19.8. The molecule has 2 rings (SSSR count). The summed E-state index contributed by atoms with van der Waals surface area (Å²) in [5.74, 6) is -0.318. The summed E-state index contributed by atoms with van der Waals surface area (Å²) in [6.07, 6.45) is 1.81. The Morgan fingerprint density at radius 1 is 1.15 bits per heavy atom. The summed E-state index contributed by atoms with van der Waals surface area (Å²) in [6.45, 7) is 6.65. The van der Waals surface area contributed by atoms with Crippen LogP contribution in [0.2, 0.25) is 5.02 Å². The molecule has 7 nitrogen and oxygen atoms in total. The van der Waals surface area contributed by atoms with Gasteiger partial charge in [0, 0.05) is 56.8 Å². The minimum absolute atomic E-state index is 0.0915. The lowest BCUT2D eigenvalue weighted by molar-refractivity contribution is -0.131. The molecule has 27 heavy (non-hydrogen) atoms. The second-order valence-electron chi connectivity index (χ2n) is 6.54. The maximum Gasteiger partial charge on any atom is 0.321 e. The zero-order valence-corrected chi connectivity index (χ0v) is 16.6. The Bertz CT molecular complexity index is 688. The Morgan fingerprint density at radius 3 is 2.48 bits per heavy atom. The number of hydrogen-bond donors (Lipinski definition) is 2. The van der Waals surface area contributed by atoms with Crippen molar-refractivity contribution in [1.29, 1.82) is 0 Å². The molecule has 1 heterocycles. The first-order chi connectivity index (χ1) is 12.9. The van der Waals surface area contributed by atoms with Crippen molar-refractivity contribution in [3.63, 3.8) is 0 Å². The Hall–Kier alpha value is -2.28. The van der Waals surface area contributed by atoms with Gasteiger partial charge in [-0.15, -0.1) is 0 Å². The van der Waals surface area contributed by atoms with Crippen LogP contribution in [0.15, 0.2) is 18.2 Å². The van der Waals surface area contributed by atoms with Crippen LogP contribution < -0.4 is 15.5 Å². The molecule has 8 heteroatoms. The van der Waals surface area contributed by atoms with Crippen LogP contribution in [-0.2, 0) is 16.0 Å². The van der Waals surface area contributed by atoms with E-state index >= 15 is 0 Å². The van der Waals surface area contributed by atoms with E-state index in [1.807, 2.05) is 17.0 Å². The first-order valence-corrected chi connectivity index (χ1v) is 9.65. The molecule has 1 aromatic rings. The van der Waals surface area contributed by atoms with Gasteiger partial charge in [-0.3, -0.25) is 14.9 Å². The molecule has 0 saturated carbocycles. The van der Waals surface area contributed by atoms with E-state index < -0.39 is 11.9 Å². The number of rotatable bonds is 6. The topological polar surface area (TPSA) is 81.8 Å². The fraction of sp³-hybridized carbons (Fsp3) is 0.526. The number of halogens is 1. The van der Waals surface area contributed by atoms with E-state index in [0.717, 1.165) is 35.8 Å². The van der Waals surface area contributed by atoms with Crippen molar-refractivity contribution < 1.29 is 14.4 Å². The van der Waals surface area contributed by atoms with Crippen LogP contribution >= 0.6 is 11.6 Å². The van der Waals surface area contributed by atoms with Crippen molar-refractivity contribution in [3.8, 4) is 0 Å². The number of aryl methyl sites for hydroxylation is 1. The zero-order valence-electron chi connectivity index (χ0n) is 15.9. The SMILES string of the molecule is CCc1cc(N2CCN(C(=O)CCCNC(=O)NC(C)=O)CC2)ccc1Cl. The summed E-state index contributed by atoms with van der Waals surface area (Å²) in [7, 11) is 0. The number of nitrogens with zero attached hydrogens (tertiary/aromatic N) is 2. The Kier molecular flexibility index (Phi) is 7.91. The lowest BCUT2D eigenvalue weighted by Crippen LogP contribution is -2.49. The molecule has 0 bridgehead atoms. The van der Waals surface area contributed by atoms with Gasteiger partial charge in [-0.25, -0.2) is 4.79 Å². The van der Waals surface area contributed by atoms with Crippen LogP contribution in [0.3, 0.4) is 0 Å². The first kappa shape index (κ1) is 21.0. The molecule has 0 aliphatic carbocycles. The number of amides is 4. The maximum absolute atomic E-state index is 12.3. The lowest BCUT2D eigenvalue weighted by atomic mass is 10.1. The summed E-state index contributed by atoms with van der Waals surface area (Å²) in [5, 5.41) is 5.48. The van der Waals surface area contributed by atoms with E-state index in [9.17, 15) is 14.4 Å². The van der Waals surface area contributed by atoms with Crippen LogP contribution in [-0.4, -0.2) is 55.5 Å². The summed E-state index contributed by atoms with van der Waals surface area (Å²) >= 11 is 6.19. The van der Waals surface area contributed by atoms with Crippen LogP contribution in [0.1, 0.15) is 32.3 Å². The summed E-state index contributed by atoms with van der Waals surface area (Å²) in [5.41, 5.74) is 2.28. The number of anilines is 1. The van der Waals surface area contributed by atoms with Gasteiger partial charge in [-0.2, -0.15) is 0 Å². The minimum atomic E-state index is -0.530. The molecule has 148 valence electrons. The van der Waals surface area contributed by atoms with Crippen molar-refractivity contribution in [2.75, 3.05) is 37.6 Å². The normalized spacial score (nSPS) is 14.0. The van der Waals surface area contributed by atoms with Crippen LogP contribution in [0, 0.1) is 0 Å².